The highest BCUT2D eigenvalue weighted by Gasteiger charge is 2.12. The van der Waals surface area contributed by atoms with Gasteiger partial charge >= 0.3 is 0 Å². The number of methoxy groups -OCH3 is 1. The van der Waals surface area contributed by atoms with Crippen molar-refractivity contribution in [3.8, 4) is 17.0 Å². The number of aromatic nitrogens is 1. The third kappa shape index (κ3) is 4.60. The van der Waals surface area contributed by atoms with Gasteiger partial charge in [-0.3, -0.25) is 10.1 Å². The number of halogens is 1. The molecular formula is C21H19FN2O2S. The van der Waals surface area contributed by atoms with Crippen LogP contribution in [0, 0.1) is 19.7 Å². The number of thiazole rings is 1. The topological polar surface area (TPSA) is 51.2 Å². The number of hydrogen-bond acceptors (Lipinski definition) is 4. The van der Waals surface area contributed by atoms with E-state index in [4.69, 9.17) is 4.74 Å². The number of anilines is 1. The predicted molar refractivity (Wildman–Crippen MR) is 108 cm³/mol. The predicted octanol–water partition coefficient (Wildman–Crippen LogP) is 5.23. The van der Waals surface area contributed by atoms with Gasteiger partial charge in [-0.05, 0) is 61.4 Å². The van der Waals surface area contributed by atoms with Gasteiger partial charge in [-0.25, -0.2) is 9.37 Å². The van der Waals surface area contributed by atoms with Crippen LogP contribution in [0.1, 0.15) is 16.0 Å². The van der Waals surface area contributed by atoms with Crippen LogP contribution in [0.25, 0.3) is 17.3 Å². The Morgan fingerprint density at radius 1 is 1.19 bits per heavy atom. The van der Waals surface area contributed by atoms with Gasteiger partial charge in [-0.1, -0.05) is 12.1 Å². The van der Waals surface area contributed by atoms with E-state index in [0.29, 0.717) is 5.13 Å². The molecular weight excluding hydrogens is 363 g/mol. The molecule has 0 aliphatic carbocycles. The van der Waals surface area contributed by atoms with Crippen molar-refractivity contribution in [3.05, 3.63) is 70.4 Å². The Morgan fingerprint density at radius 2 is 1.93 bits per heavy atom. The third-order valence-electron chi connectivity index (χ3n) is 3.99. The summed E-state index contributed by atoms with van der Waals surface area (Å²) in [7, 11) is 1.64. The van der Waals surface area contributed by atoms with Crippen LogP contribution in [0.2, 0.25) is 0 Å². The molecule has 1 amide bonds. The number of nitrogens with one attached hydrogen (secondary N) is 1. The smallest absolute Gasteiger partial charge is 0.250 e. The molecule has 1 aromatic heterocycles. The van der Waals surface area contributed by atoms with Crippen LogP contribution < -0.4 is 10.1 Å². The van der Waals surface area contributed by atoms with E-state index in [0.717, 1.165) is 33.0 Å². The van der Waals surface area contributed by atoms with Crippen molar-refractivity contribution in [2.24, 2.45) is 0 Å². The minimum atomic E-state index is -0.309. The maximum atomic E-state index is 12.9. The zero-order valence-corrected chi connectivity index (χ0v) is 16.1. The SMILES string of the molecule is COc1ccc(-c2nc(NC(=O)/C=C/c3ccc(F)cc3)sc2C)cc1C. The van der Waals surface area contributed by atoms with E-state index in [1.807, 2.05) is 32.0 Å². The van der Waals surface area contributed by atoms with Gasteiger partial charge in [0.15, 0.2) is 5.13 Å². The normalized spacial score (nSPS) is 11.0. The largest absolute Gasteiger partial charge is 0.496 e. The average molecular weight is 382 g/mol. The van der Waals surface area contributed by atoms with Crippen LogP contribution in [0.15, 0.2) is 48.5 Å². The summed E-state index contributed by atoms with van der Waals surface area (Å²) < 4.78 is 18.2. The number of ether oxygens (including phenoxy) is 1. The summed E-state index contributed by atoms with van der Waals surface area (Å²) in [6.07, 6.45) is 3.03. The number of carbonyl (C=O) groups excluding carboxylic acids is 1. The first-order valence-electron chi connectivity index (χ1n) is 8.33. The first-order valence-corrected chi connectivity index (χ1v) is 9.15. The van der Waals surface area contributed by atoms with Crippen molar-refractivity contribution in [2.45, 2.75) is 13.8 Å². The molecule has 0 aliphatic rings. The van der Waals surface area contributed by atoms with Crippen molar-refractivity contribution >= 4 is 28.5 Å². The lowest BCUT2D eigenvalue weighted by atomic mass is 10.1. The maximum Gasteiger partial charge on any atom is 0.250 e. The van der Waals surface area contributed by atoms with E-state index in [1.54, 1.807) is 25.3 Å². The van der Waals surface area contributed by atoms with Gasteiger partial charge in [0.25, 0.3) is 0 Å². The second kappa shape index (κ2) is 8.14. The number of rotatable bonds is 5. The van der Waals surface area contributed by atoms with E-state index in [9.17, 15) is 9.18 Å². The lowest BCUT2D eigenvalue weighted by molar-refractivity contribution is -0.111. The van der Waals surface area contributed by atoms with Crippen LogP contribution in [0.3, 0.4) is 0 Å². The fourth-order valence-corrected chi connectivity index (χ4v) is 3.48. The van der Waals surface area contributed by atoms with E-state index in [2.05, 4.69) is 10.3 Å². The fourth-order valence-electron chi connectivity index (χ4n) is 2.64. The number of carbonyl (C=O) groups is 1. The second-order valence-electron chi connectivity index (χ2n) is 5.98. The molecule has 2 aromatic carbocycles. The Morgan fingerprint density at radius 3 is 2.59 bits per heavy atom. The molecule has 0 spiro atoms. The van der Waals surface area contributed by atoms with Crippen LogP contribution in [0.4, 0.5) is 9.52 Å². The Kier molecular flexibility index (Phi) is 5.66. The molecule has 0 atom stereocenters. The second-order valence-corrected chi connectivity index (χ2v) is 7.19. The lowest BCUT2D eigenvalue weighted by Gasteiger charge is -2.06. The van der Waals surface area contributed by atoms with Gasteiger partial charge in [0.2, 0.25) is 5.91 Å². The van der Waals surface area contributed by atoms with Crippen molar-refractivity contribution in [1.29, 1.82) is 0 Å². The standard InChI is InChI=1S/C21H19FN2O2S/c1-13-12-16(7-10-18(13)26-3)20-14(2)27-21(24-20)23-19(25)11-6-15-4-8-17(22)9-5-15/h4-12H,1-3H3,(H,23,24,25)/b11-6+. The Bertz CT molecular complexity index is 994. The quantitative estimate of drug-likeness (QED) is 0.615. The van der Waals surface area contributed by atoms with Crippen molar-refractivity contribution in [1.82, 2.24) is 4.98 Å². The molecule has 3 rings (SSSR count). The minimum absolute atomic E-state index is 0.287. The number of aryl methyl sites for hydroxylation is 2. The molecule has 0 saturated heterocycles. The number of hydrogen-bond donors (Lipinski definition) is 1. The minimum Gasteiger partial charge on any atom is -0.496 e. The summed E-state index contributed by atoms with van der Waals surface area (Å²) in [6.45, 7) is 3.95. The molecule has 27 heavy (non-hydrogen) atoms. The summed E-state index contributed by atoms with van der Waals surface area (Å²) >= 11 is 1.42. The molecule has 0 unspecified atom stereocenters. The van der Waals surface area contributed by atoms with E-state index in [1.165, 1.54) is 29.5 Å². The summed E-state index contributed by atoms with van der Waals surface area (Å²) in [4.78, 5) is 17.7. The Labute approximate surface area is 161 Å². The van der Waals surface area contributed by atoms with Gasteiger partial charge in [0, 0.05) is 16.5 Å². The van der Waals surface area contributed by atoms with Crippen molar-refractivity contribution in [3.63, 3.8) is 0 Å². The van der Waals surface area contributed by atoms with Crippen molar-refractivity contribution in [2.75, 3.05) is 12.4 Å². The molecule has 0 bridgehead atoms. The number of benzene rings is 2. The van der Waals surface area contributed by atoms with Crippen LogP contribution >= 0.6 is 11.3 Å². The fraction of sp³-hybridized carbons (Fsp3) is 0.143. The van der Waals surface area contributed by atoms with Gasteiger partial charge in [0.05, 0.1) is 12.8 Å². The third-order valence-corrected chi connectivity index (χ3v) is 4.88. The highest BCUT2D eigenvalue weighted by molar-refractivity contribution is 7.16. The average Bonchev–Trinajstić information content (AvgIpc) is 3.01. The van der Waals surface area contributed by atoms with Gasteiger partial charge in [-0.15, -0.1) is 11.3 Å². The molecule has 6 heteroatoms. The summed E-state index contributed by atoms with van der Waals surface area (Å²) in [5.74, 6) is 0.229. The summed E-state index contributed by atoms with van der Waals surface area (Å²) in [6, 6.07) is 11.8. The van der Waals surface area contributed by atoms with Gasteiger partial charge in [0.1, 0.15) is 11.6 Å². The molecule has 0 fully saturated rings. The first kappa shape index (κ1) is 18.8. The lowest BCUT2D eigenvalue weighted by Crippen LogP contribution is -2.07. The molecule has 0 radical (unpaired) electrons. The number of amides is 1. The molecule has 3 aromatic rings. The summed E-state index contributed by atoms with van der Waals surface area (Å²) in [5, 5.41) is 3.31. The first-order chi connectivity index (χ1) is 13.0. The summed E-state index contributed by atoms with van der Waals surface area (Å²) in [5.41, 5.74) is 3.58. The van der Waals surface area contributed by atoms with Crippen LogP contribution in [-0.4, -0.2) is 18.0 Å². The van der Waals surface area contributed by atoms with Crippen LogP contribution in [0.5, 0.6) is 5.75 Å². The Hall–Kier alpha value is -2.99. The molecule has 1 N–H and O–H groups in total. The number of nitrogens with zero attached hydrogens (tertiary/aromatic N) is 1. The van der Waals surface area contributed by atoms with Crippen molar-refractivity contribution < 1.29 is 13.9 Å². The molecule has 4 nitrogen and oxygen atoms in total. The van der Waals surface area contributed by atoms with E-state index >= 15 is 0 Å². The monoisotopic (exact) mass is 382 g/mol. The molecule has 0 aliphatic heterocycles. The highest BCUT2D eigenvalue weighted by Crippen LogP contribution is 2.32. The van der Waals surface area contributed by atoms with E-state index < -0.39 is 0 Å². The van der Waals surface area contributed by atoms with Crippen LogP contribution in [-0.2, 0) is 4.79 Å². The highest BCUT2D eigenvalue weighted by atomic mass is 32.1. The van der Waals surface area contributed by atoms with Gasteiger partial charge in [-0.2, -0.15) is 0 Å². The molecule has 138 valence electrons. The van der Waals surface area contributed by atoms with E-state index in [-0.39, 0.29) is 11.7 Å². The van der Waals surface area contributed by atoms with Gasteiger partial charge < -0.3 is 4.74 Å². The molecule has 0 saturated carbocycles. The Balaban J connectivity index is 1.73. The zero-order valence-electron chi connectivity index (χ0n) is 15.2. The maximum absolute atomic E-state index is 12.9. The molecule has 1 heterocycles. The zero-order chi connectivity index (χ0) is 19.4.